The fraction of sp³-hybridized carbons (Fsp3) is 0.400. The highest BCUT2D eigenvalue weighted by Gasteiger charge is 2.36. The fourth-order valence-corrected chi connectivity index (χ4v) is 2.01. The zero-order valence-corrected chi connectivity index (χ0v) is 11.3. The molecule has 0 aliphatic carbocycles. The van der Waals surface area contributed by atoms with Crippen molar-refractivity contribution in [2.45, 2.75) is 38.3 Å². The van der Waals surface area contributed by atoms with Crippen LogP contribution in [0.5, 0.6) is 0 Å². The highest BCUT2D eigenvalue weighted by molar-refractivity contribution is 5.81. The number of carbonyl (C=O) groups is 1. The van der Waals surface area contributed by atoms with Crippen LogP contribution in [0.2, 0.25) is 0 Å². The quantitative estimate of drug-likeness (QED) is 0.388. The highest BCUT2D eigenvalue weighted by atomic mass is 17.1. The zero-order chi connectivity index (χ0) is 14.4. The van der Waals surface area contributed by atoms with Gasteiger partial charge in [-0.25, -0.2) is 14.9 Å². The minimum absolute atomic E-state index is 0.243. The van der Waals surface area contributed by atoms with Crippen molar-refractivity contribution < 1.29 is 24.4 Å². The Bertz CT molecular complexity index is 470. The van der Waals surface area contributed by atoms with Crippen molar-refractivity contribution in [3.05, 3.63) is 48.0 Å². The molecule has 1 saturated heterocycles. The molecule has 0 saturated carbocycles. The van der Waals surface area contributed by atoms with E-state index in [1.807, 2.05) is 30.3 Å². The lowest BCUT2D eigenvalue weighted by molar-refractivity contribution is -0.388. The van der Waals surface area contributed by atoms with Gasteiger partial charge in [0.15, 0.2) is 5.79 Å². The first-order valence-electron chi connectivity index (χ1n) is 6.50. The Hall–Kier alpha value is -1.69. The Morgan fingerprint density at radius 3 is 2.90 bits per heavy atom. The van der Waals surface area contributed by atoms with Gasteiger partial charge in [-0.3, -0.25) is 0 Å². The lowest BCUT2D eigenvalue weighted by Crippen LogP contribution is -2.26. The first kappa shape index (κ1) is 14.7. The molecule has 0 radical (unpaired) electrons. The lowest BCUT2D eigenvalue weighted by atomic mass is 10.2. The third kappa shape index (κ3) is 4.16. The van der Waals surface area contributed by atoms with Crippen molar-refractivity contribution >= 4 is 5.97 Å². The van der Waals surface area contributed by atoms with E-state index in [1.54, 1.807) is 13.0 Å². The molecule has 1 aromatic rings. The predicted molar refractivity (Wildman–Crippen MR) is 71.6 cm³/mol. The topological polar surface area (TPSA) is 65.0 Å². The standard InChI is InChI=1S/C15H18O5/c1-15(20-17)10-9-13(19-15)7-8-14(16)18-11-12-5-3-2-4-6-12/h2-8,13,17H,9-11H2,1H3/b8-7+/t13-,15+/m1/s1. The van der Waals surface area contributed by atoms with Crippen LogP contribution < -0.4 is 0 Å². The Kier molecular flexibility index (Phi) is 4.89. The summed E-state index contributed by atoms with van der Waals surface area (Å²) >= 11 is 0. The van der Waals surface area contributed by atoms with Gasteiger partial charge in [0.05, 0.1) is 6.10 Å². The second-order valence-corrected chi connectivity index (χ2v) is 4.87. The van der Waals surface area contributed by atoms with Crippen LogP contribution in [-0.4, -0.2) is 23.1 Å². The minimum atomic E-state index is -0.983. The van der Waals surface area contributed by atoms with Gasteiger partial charge in [-0.2, -0.15) is 0 Å². The maximum absolute atomic E-state index is 11.6. The monoisotopic (exact) mass is 278 g/mol. The van der Waals surface area contributed by atoms with E-state index in [1.165, 1.54) is 6.08 Å². The maximum Gasteiger partial charge on any atom is 0.330 e. The molecule has 1 aliphatic rings. The molecule has 5 heteroatoms. The summed E-state index contributed by atoms with van der Waals surface area (Å²) in [7, 11) is 0. The molecule has 5 nitrogen and oxygen atoms in total. The summed E-state index contributed by atoms with van der Waals surface area (Å²) in [5, 5.41) is 8.69. The molecule has 2 rings (SSSR count). The van der Waals surface area contributed by atoms with Gasteiger partial charge in [0.25, 0.3) is 0 Å². The van der Waals surface area contributed by atoms with Crippen molar-refractivity contribution in [3.63, 3.8) is 0 Å². The summed E-state index contributed by atoms with van der Waals surface area (Å²) in [6.45, 7) is 1.89. The Labute approximate surface area is 117 Å². The number of esters is 1. The molecule has 1 aromatic carbocycles. The van der Waals surface area contributed by atoms with Crippen molar-refractivity contribution in [2.75, 3.05) is 0 Å². The zero-order valence-electron chi connectivity index (χ0n) is 11.3. The van der Waals surface area contributed by atoms with Gasteiger partial charge in [0.2, 0.25) is 0 Å². The van der Waals surface area contributed by atoms with Crippen molar-refractivity contribution in [2.24, 2.45) is 0 Å². The SMILES string of the molecule is C[C@]1(OO)CC[C@@H](/C=C/C(=O)OCc2ccccc2)O1. The van der Waals surface area contributed by atoms with E-state index in [0.717, 1.165) is 5.56 Å². The third-order valence-electron chi connectivity index (χ3n) is 3.15. The van der Waals surface area contributed by atoms with Crippen LogP contribution in [0.25, 0.3) is 0 Å². The van der Waals surface area contributed by atoms with E-state index >= 15 is 0 Å². The summed E-state index contributed by atoms with van der Waals surface area (Å²) < 4.78 is 10.5. The molecule has 0 unspecified atom stereocenters. The summed E-state index contributed by atoms with van der Waals surface area (Å²) in [6, 6.07) is 9.47. The molecule has 0 spiro atoms. The average Bonchev–Trinajstić information content (AvgIpc) is 2.86. The number of carbonyl (C=O) groups excluding carboxylic acids is 1. The first-order valence-corrected chi connectivity index (χ1v) is 6.50. The minimum Gasteiger partial charge on any atom is -0.458 e. The van der Waals surface area contributed by atoms with E-state index in [2.05, 4.69) is 4.89 Å². The van der Waals surface area contributed by atoms with Crippen LogP contribution in [0.1, 0.15) is 25.3 Å². The maximum atomic E-state index is 11.6. The molecule has 20 heavy (non-hydrogen) atoms. The molecular formula is C15H18O5. The fourth-order valence-electron chi connectivity index (χ4n) is 2.01. The second-order valence-electron chi connectivity index (χ2n) is 4.87. The van der Waals surface area contributed by atoms with Crippen LogP contribution in [-0.2, 0) is 25.8 Å². The molecule has 0 aromatic heterocycles. The Morgan fingerprint density at radius 1 is 1.50 bits per heavy atom. The molecule has 1 N–H and O–H groups in total. The molecule has 1 fully saturated rings. The van der Waals surface area contributed by atoms with Crippen LogP contribution in [0.4, 0.5) is 0 Å². The molecule has 0 amide bonds. The Morgan fingerprint density at radius 2 is 2.25 bits per heavy atom. The van der Waals surface area contributed by atoms with E-state index in [9.17, 15) is 4.79 Å². The van der Waals surface area contributed by atoms with Gasteiger partial charge in [0.1, 0.15) is 6.61 Å². The molecule has 0 bridgehead atoms. The number of ether oxygens (including phenoxy) is 2. The second kappa shape index (κ2) is 6.65. The van der Waals surface area contributed by atoms with E-state index in [0.29, 0.717) is 12.8 Å². The molecular weight excluding hydrogens is 260 g/mol. The number of hydrogen-bond donors (Lipinski definition) is 1. The van der Waals surface area contributed by atoms with Crippen LogP contribution >= 0.6 is 0 Å². The van der Waals surface area contributed by atoms with Crippen LogP contribution in [0.3, 0.4) is 0 Å². The third-order valence-corrected chi connectivity index (χ3v) is 3.15. The molecule has 1 aliphatic heterocycles. The smallest absolute Gasteiger partial charge is 0.330 e. The summed E-state index contributed by atoms with van der Waals surface area (Å²) in [5.41, 5.74) is 0.938. The Balaban J connectivity index is 1.76. The summed E-state index contributed by atoms with van der Waals surface area (Å²) in [6.07, 6.45) is 3.96. The van der Waals surface area contributed by atoms with E-state index in [-0.39, 0.29) is 12.7 Å². The average molecular weight is 278 g/mol. The number of hydrogen-bond acceptors (Lipinski definition) is 5. The van der Waals surface area contributed by atoms with Gasteiger partial charge in [0, 0.05) is 12.5 Å². The number of rotatable bonds is 5. The molecule has 108 valence electrons. The van der Waals surface area contributed by atoms with Crippen molar-refractivity contribution in [3.8, 4) is 0 Å². The molecule has 2 atom stereocenters. The lowest BCUT2D eigenvalue weighted by Gasteiger charge is -2.19. The first-order chi connectivity index (χ1) is 9.61. The van der Waals surface area contributed by atoms with Gasteiger partial charge < -0.3 is 9.47 Å². The van der Waals surface area contributed by atoms with Gasteiger partial charge in [-0.05, 0) is 25.0 Å². The van der Waals surface area contributed by atoms with E-state index in [4.69, 9.17) is 14.7 Å². The summed E-state index contributed by atoms with van der Waals surface area (Å²) in [4.78, 5) is 15.8. The normalized spacial score (nSPS) is 26.0. The highest BCUT2D eigenvalue weighted by Crippen LogP contribution is 2.30. The van der Waals surface area contributed by atoms with E-state index < -0.39 is 11.8 Å². The van der Waals surface area contributed by atoms with Crippen molar-refractivity contribution in [1.29, 1.82) is 0 Å². The van der Waals surface area contributed by atoms with Gasteiger partial charge >= 0.3 is 5.97 Å². The van der Waals surface area contributed by atoms with Crippen LogP contribution in [0, 0.1) is 0 Å². The van der Waals surface area contributed by atoms with Crippen molar-refractivity contribution in [1.82, 2.24) is 0 Å². The summed E-state index contributed by atoms with van der Waals surface area (Å²) in [5.74, 6) is -1.40. The van der Waals surface area contributed by atoms with Gasteiger partial charge in [-0.15, -0.1) is 0 Å². The van der Waals surface area contributed by atoms with Crippen LogP contribution in [0.15, 0.2) is 42.5 Å². The largest absolute Gasteiger partial charge is 0.458 e. The molecule has 1 heterocycles. The number of benzene rings is 1. The van der Waals surface area contributed by atoms with Gasteiger partial charge in [-0.1, -0.05) is 30.3 Å². The predicted octanol–water partition coefficient (Wildman–Crippen LogP) is 2.67.